The maximum atomic E-state index is 11.8. The minimum atomic E-state index is -3.29. The Balaban J connectivity index is 1.74. The zero-order valence-corrected chi connectivity index (χ0v) is 17.9. The number of anilines is 1. The summed E-state index contributed by atoms with van der Waals surface area (Å²) in [5.41, 5.74) is 1.23. The average molecular weight is 441 g/mol. The van der Waals surface area contributed by atoms with Gasteiger partial charge in [0.15, 0.2) is 15.6 Å². The van der Waals surface area contributed by atoms with Crippen molar-refractivity contribution in [3.63, 3.8) is 0 Å². The molecule has 0 saturated carbocycles. The number of aliphatic imine (C=N–C) groups is 1. The molecule has 7 heteroatoms. The van der Waals surface area contributed by atoms with Crippen LogP contribution < -0.4 is 4.90 Å². The van der Waals surface area contributed by atoms with E-state index in [0.717, 1.165) is 16.8 Å². The smallest absolute Gasteiger partial charge is 0.180 e. The van der Waals surface area contributed by atoms with E-state index in [2.05, 4.69) is 4.99 Å². The minimum absolute atomic E-state index is 0.238. The SMILES string of the molecule is CS(=O)(=O)c1ccc(C2=NC(O)(Cc3ccccc3)CN2c2ccc(Cl)cc2)cc1. The van der Waals surface area contributed by atoms with Gasteiger partial charge in [-0.3, -0.25) is 0 Å². The molecule has 0 fully saturated rings. The van der Waals surface area contributed by atoms with Crippen molar-refractivity contribution in [3.05, 3.63) is 95.0 Å². The topological polar surface area (TPSA) is 70.0 Å². The number of aliphatic hydroxyl groups is 1. The Labute approximate surface area is 181 Å². The van der Waals surface area contributed by atoms with Crippen LogP contribution in [0.3, 0.4) is 0 Å². The van der Waals surface area contributed by atoms with Crippen molar-refractivity contribution >= 4 is 33.0 Å². The first-order valence-electron chi connectivity index (χ1n) is 9.43. The van der Waals surface area contributed by atoms with E-state index in [-0.39, 0.29) is 11.4 Å². The molecule has 0 saturated heterocycles. The van der Waals surface area contributed by atoms with Gasteiger partial charge >= 0.3 is 0 Å². The van der Waals surface area contributed by atoms with Crippen LogP contribution >= 0.6 is 11.6 Å². The summed E-state index contributed by atoms with van der Waals surface area (Å²) >= 11 is 6.04. The Morgan fingerprint density at radius 2 is 1.63 bits per heavy atom. The van der Waals surface area contributed by atoms with Crippen LogP contribution in [0.1, 0.15) is 11.1 Å². The third kappa shape index (κ3) is 4.41. The summed E-state index contributed by atoms with van der Waals surface area (Å²) in [4.78, 5) is 6.84. The lowest BCUT2D eigenvalue weighted by atomic mass is 10.0. The van der Waals surface area contributed by atoms with Crippen LogP contribution in [-0.2, 0) is 16.3 Å². The van der Waals surface area contributed by atoms with Crippen molar-refractivity contribution in [2.24, 2.45) is 4.99 Å². The molecule has 0 radical (unpaired) electrons. The fourth-order valence-corrected chi connectivity index (χ4v) is 4.30. The molecule has 0 aromatic heterocycles. The maximum Gasteiger partial charge on any atom is 0.180 e. The second kappa shape index (κ2) is 7.87. The Morgan fingerprint density at radius 3 is 2.23 bits per heavy atom. The highest BCUT2D eigenvalue weighted by molar-refractivity contribution is 7.90. The molecule has 0 spiro atoms. The lowest BCUT2D eigenvalue weighted by Crippen LogP contribution is -2.37. The second-order valence-electron chi connectivity index (χ2n) is 7.44. The highest BCUT2D eigenvalue weighted by Gasteiger charge is 2.38. The molecule has 3 aromatic rings. The molecule has 5 nitrogen and oxygen atoms in total. The highest BCUT2D eigenvalue weighted by atomic mass is 35.5. The van der Waals surface area contributed by atoms with E-state index < -0.39 is 15.6 Å². The van der Waals surface area contributed by atoms with Crippen molar-refractivity contribution in [1.29, 1.82) is 0 Å². The number of sulfone groups is 1. The molecular weight excluding hydrogens is 420 g/mol. The van der Waals surface area contributed by atoms with Crippen LogP contribution in [0.5, 0.6) is 0 Å². The number of hydrogen-bond acceptors (Lipinski definition) is 5. The average Bonchev–Trinajstić information content (AvgIpc) is 3.06. The van der Waals surface area contributed by atoms with Crippen LogP contribution in [-0.4, -0.2) is 37.9 Å². The van der Waals surface area contributed by atoms with Gasteiger partial charge < -0.3 is 10.0 Å². The number of hydrogen-bond donors (Lipinski definition) is 1. The number of β-amino-alcohol motifs (C(OH)–C–C–N with tert-alkyl or cyclic N) is 1. The van der Waals surface area contributed by atoms with E-state index in [4.69, 9.17) is 11.6 Å². The van der Waals surface area contributed by atoms with E-state index >= 15 is 0 Å². The molecule has 1 N–H and O–H groups in total. The van der Waals surface area contributed by atoms with Gasteiger partial charge in [0.1, 0.15) is 5.84 Å². The monoisotopic (exact) mass is 440 g/mol. The standard InChI is InChI=1S/C23H21ClN2O3S/c1-30(28,29)21-13-7-18(8-14-21)22-25-23(27,15-17-5-3-2-4-6-17)16-26(22)20-11-9-19(24)10-12-20/h2-14,27H,15-16H2,1H3. The Hall–Kier alpha value is -2.67. The maximum absolute atomic E-state index is 11.8. The molecular formula is C23H21ClN2O3S. The normalized spacial score (nSPS) is 19.0. The zero-order chi connectivity index (χ0) is 21.4. The second-order valence-corrected chi connectivity index (χ2v) is 9.89. The molecule has 1 atom stereocenters. The van der Waals surface area contributed by atoms with Gasteiger partial charge in [0.2, 0.25) is 0 Å². The molecule has 1 heterocycles. The molecule has 3 aromatic carbocycles. The van der Waals surface area contributed by atoms with Gasteiger partial charge in [-0.05, 0) is 54.1 Å². The van der Waals surface area contributed by atoms with Gasteiger partial charge in [-0.2, -0.15) is 0 Å². The summed E-state index contributed by atoms with van der Waals surface area (Å²) < 4.78 is 23.6. The van der Waals surface area contributed by atoms with Crippen molar-refractivity contribution < 1.29 is 13.5 Å². The van der Waals surface area contributed by atoms with Crippen molar-refractivity contribution in [1.82, 2.24) is 0 Å². The lowest BCUT2D eigenvalue weighted by molar-refractivity contribution is 0.0677. The van der Waals surface area contributed by atoms with Gasteiger partial charge in [-0.25, -0.2) is 13.4 Å². The molecule has 1 unspecified atom stereocenters. The summed E-state index contributed by atoms with van der Waals surface area (Å²) in [5.74, 6) is 0.579. The number of nitrogens with zero attached hydrogens (tertiary/aromatic N) is 2. The van der Waals surface area contributed by atoms with Crippen LogP contribution in [0.25, 0.3) is 0 Å². The van der Waals surface area contributed by atoms with Crippen molar-refractivity contribution in [2.75, 3.05) is 17.7 Å². The molecule has 154 valence electrons. The van der Waals surface area contributed by atoms with E-state index in [1.54, 1.807) is 36.4 Å². The van der Waals surface area contributed by atoms with Gasteiger partial charge in [-0.15, -0.1) is 0 Å². The van der Waals surface area contributed by atoms with Gasteiger partial charge in [0, 0.05) is 29.0 Å². The van der Waals surface area contributed by atoms with Crippen LogP contribution in [0.15, 0.2) is 88.8 Å². The molecule has 1 aliphatic heterocycles. The number of amidine groups is 1. The van der Waals surface area contributed by atoms with Crippen LogP contribution in [0.2, 0.25) is 5.02 Å². The predicted molar refractivity (Wildman–Crippen MR) is 120 cm³/mol. The number of rotatable bonds is 5. The first kappa shape index (κ1) is 20.6. The molecule has 0 bridgehead atoms. The third-order valence-electron chi connectivity index (χ3n) is 4.99. The molecule has 0 aliphatic carbocycles. The van der Waals surface area contributed by atoms with Crippen molar-refractivity contribution in [2.45, 2.75) is 17.0 Å². The Kier molecular flexibility index (Phi) is 5.40. The molecule has 4 rings (SSSR count). The predicted octanol–water partition coefficient (Wildman–Crippen LogP) is 3.94. The first-order valence-corrected chi connectivity index (χ1v) is 11.7. The number of halogens is 1. The summed E-state index contributed by atoms with van der Waals surface area (Å²) in [6.45, 7) is 0.271. The van der Waals surface area contributed by atoms with Gasteiger partial charge in [-0.1, -0.05) is 41.9 Å². The lowest BCUT2D eigenvalue weighted by Gasteiger charge is -2.24. The highest BCUT2D eigenvalue weighted by Crippen LogP contribution is 2.31. The first-order chi connectivity index (χ1) is 14.2. The van der Waals surface area contributed by atoms with E-state index in [1.165, 1.54) is 6.26 Å². The molecule has 0 amide bonds. The summed E-state index contributed by atoms with van der Waals surface area (Å²) in [7, 11) is -3.29. The summed E-state index contributed by atoms with van der Waals surface area (Å²) in [5, 5.41) is 11.9. The van der Waals surface area contributed by atoms with E-state index in [9.17, 15) is 13.5 Å². The molecule has 1 aliphatic rings. The Bertz CT molecular complexity index is 1180. The van der Waals surface area contributed by atoms with Gasteiger partial charge in [0.25, 0.3) is 0 Å². The summed E-state index contributed by atoms with van der Waals surface area (Å²) in [6, 6.07) is 23.6. The minimum Gasteiger partial charge on any atom is -0.367 e. The fourth-order valence-electron chi connectivity index (χ4n) is 3.55. The van der Waals surface area contributed by atoms with Gasteiger partial charge in [0.05, 0.1) is 11.4 Å². The quantitative estimate of drug-likeness (QED) is 0.652. The zero-order valence-electron chi connectivity index (χ0n) is 16.4. The van der Waals surface area contributed by atoms with E-state index in [0.29, 0.717) is 17.3 Å². The van der Waals surface area contributed by atoms with Crippen LogP contribution in [0, 0.1) is 0 Å². The van der Waals surface area contributed by atoms with E-state index in [1.807, 2.05) is 47.4 Å². The molecule has 30 heavy (non-hydrogen) atoms. The summed E-state index contributed by atoms with van der Waals surface area (Å²) in [6.07, 6.45) is 1.54. The fraction of sp³-hybridized carbons (Fsp3) is 0.174. The van der Waals surface area contributed by atoms with Crippen molar-refractivity contribution in [3.8, 4) is 0 Å². The largest absolute Gasteiger partial charge is 0.367 e. The Morgan fingerprint density at radius 1 is 1.00 bits per heavy atom. The number of benzene rings is 3. The van der Waals surface area contributed by atoms with Crippen LogP contribution in [0.4, 0.5) is 5.69 Å². The third-order valence-corrected chi connectivity index (χ3v) is 6.37.